The fourth-order valence-corrected chi connectivity index (χ4v) is 21.7. The summed E-state index contributed by atoms with van der Waals surface area (Å²) in [6, 6.07) is 21.5. The maximum absolute atomic E-state index is 15.2. The minimum absolute atomic E-state index is 0. The van der Waals surface area contributed by atoms with E-state index in [9.17, 15) is 30.8 Å². The number of hydrogen-bond donors (Lipinski definition) is 9. The Bertz CT molecular complexity index is 7320. The van der Waals surface area contributed by atoms with Gasteiger partial charge in [0.15, 0.2) is 22.3 Å². The van der Waals surface area contributed by atoms with Crippen LogP contribution in [-0.4, -0.2) is 213 Å². The number of carbonyl (C=O) groups is 2. The molecule has 37 nitrogen and oxygen atoms in total. The van der Waals surface area contributed by atoms with Gasteiger partial charge in [0.25, 0.3) is 5.16 Å². The normalized spacial score (nSPS) is 22.1. The number of hydrogen-bond acceptors (Lipinski definition) is 32. The molecule has 5 aromatic carbocycles. The van der Waals surface area contributed by atoms with Crippen molar-refractivity contribution in [3.05, 3.63) is 168 Å². The first-order valence-corrected chi connectivity index (χ1v) is 47.8. The number of ether oxygens (including phenoxy) is 6. The van der Waals surface area contributed by atoms with E-state index in [1.807, 2.05) is 0 Å². The summed E-state index contributed by atoms with van der Waals surface area (Å²) in [4.78, 5) is 93.6. The number of carbonyl (C=O) groups excluding carboxylic acids is 2. The number of anilines is 5. The van der Waals surface area contributed by atoms with E-state index in [2.05, 4.69) is 106 Å². The number of halogens is 3. The molecule has 20 rings (SSSR count). The largest absolute Gasteiger partial charge is 0.505 e. The Kier molecular flexibility index (Phi) is 19.8. The maximum Gasteiger partial charge on any atom is 0.414 e. The topological polar surface area (TPSA) is 495 Å². The molecule has 0 bridgehead atoms. The van der Waals surface area contributed by atoms with Crippen LogP contribution in [0.5, 0.6) is 40.8 Å². The first-order chi connectivity index (χ1) is 88.7. The second-order valence-electron chi connectivity index (χ2n) is 38.5. The van der Waals surface area contributed by atoms with Crippen LogP contribution in [0.4, 0.5) is 51.5 Å². The van der Waals surface area contributed by atoms with E-state index in [4.69, 9.17) is 132 Å². The monoisotopic (exact) mass is 2030 g/mol. The highest BCUT2D eigenvalue weighted by atomic mass is 32.2. The van der Waals surface area contributed by atoms with Gasteiger partial charge in [0, 0.05) is 167 Å². The number of aromatic amines is 3. The van der Waals surface area contributed by atoms with Crippen LogP contribution in [0, 0.1) is 72.2 Å². The van der Waals surface area contributed by atoms with Gasteiger partial charge in [-0.25, -0.2) is 79.5 Å². The van der Waals surface area contributed by atoms with Crippen LogP contribution >= 0.6 is 0 Å². The van der Waals surface area contributed by atoms with Gasteiger partial charge in [-0.1, -0.05) is 52.5 Å². The van der Waals surface area contributed by atoms with E-state index >= 15 is 8.78 Å². The summed E-state index contributed by atoms with van der Waals surface area (Å²) >= 11 is 0. The fourth-order valence-electron chi connectivity index (χ4n) is 19.0. The lowest BCUT2D eigenvalue weighted by Gasteiger charge is -2.46. The van der Waals surface area contributed by atoms with E-state index in [0.29, 0.717) is 132 Å². The summed E-state index contributed by atoms with van der Waals surface area (Å²) in [6.45, 7) is 28.0. The molecule has 0 unspecified atom stereocenters. The van der Waals surface area contributed by atoms with E-state index in [0.717, 1.165) is 78.3 Å². The highest BCUT2D eigenvalue weighted by Crippen LogP contribution is 2.55. The summed E-state index contributed by atoms with van der Waals surface area (Å²) in [5.74, 6) is 3.99. The molecule has 6 aliphatic rings. The Morgan fingerprint density at radius 3 is 1.30 bits per heavy atom. The summed E-state index contributed by atoms with van der Waals surface area (Å²) < 4.78 is 373. The molecule has 42 heteroatoms. The molecule has 780 valence electrons. The molecule has 0 radical (unpaired) electrons. The number of aromatic hydroxyl groups is 1. The first kappa shape index (κ1) is 71.9. The number of nitrogens with two attached hydrogens (primary N) is 3. The molecule has 9 aromatic heterocycles. The number of sulfone groups is 2. The van der Waals surface area contributed by atoms with Crippen molar-refractivity contribution in [2.45, 2.75) is 161 Å². The van der Waals surface area contributed by atoms with Crippen LogP contribution < -0.4 is 66.4 Å². The quantitative estimate of drug-likeness (QED) is 0.0302. The van der Waals surface area contributed by atoms with Crippen LogP contribution in [-0.2, 0) is 40.7 Å². The van der Waals surface area contributed by atoms with Gasteiger partial charge in [-0.05, 0) is 187 Å². The number of aromatic nitrogens is 15. The van der Waals surface area contributed by atoms with Crippen molar-refractivity contribution in [2.24, 2.45) is 51.2 Å². The van der Waals surface area contributed by atoms with Crippen LogP contribution in [0.2, 0.25) is 0 Å². The molecule has 3 aliphatic carbocycles. The first-order valence-electron chi connectivity index (χ1n) is 68.5. The number of nitrogens with one attached hydrogen (secondary N) is 5. The lowest BCUT2D eigenvalue weighted by molar-refractivity contribution is 0.0579. The second kappa shape index (κ2) is 38.1. The Morgan fingerprint density at radius 2 is 0.920 bits per heavy atom. The number of H-pyrrole nitrogens is 3. The van der Waals surface area contributed by atoms with Gasteiger partial charge >= 0.3 is 24.2 Å². The molecular formula is C96H165F3N24O13S2. The Morgan fingerprint density at radius 1 is 0.536 bits per heavy atom. The van der Waals surface area contributed by atoms with Gasteiger partial charge in [0.1, 0.15) is 86.2 Å². The fraction of sp³-hybridized carbons (Fsp3) is 0.417. The molecule has 3 saturated heterocycles. The molecule has 14 aromatic rings. The number of fused-ring (bicyclic) bond motifs is 12. The number of rotatable bonds is 17. The molecular weight excluding hydrogens is 1820 g/mol. The van der Waals surface area contributed by atoms with Crippen molar-refractivity contribution in [2.75, 3.05) is 99.5 Å². The summed E-state index contributed by atoms with van der Waals surface area (Å²) in [7, 11) is -1.08. The van der Waals surface area contributed by atoms with Crippen molar-refractivity contribution < 1.29 is 146 Å². The van der Waals surface area contributed by atoms with Crippen molar-refractivity contribution in [3.63, 3.8) is 0 Å². The highest BCUT2D eigenvalue weighted by Gasteiger charge is 2.57. The summed E-state index contributed by atoms with van der Waals surface area (Å²) in [5.41, 5.74) is 21.7. The van der Waals surface area contributed by atoms with Gasteiger partial charge < -0.3 is 86.1 Å². The SMILES string of the molecule is C.CNc1cc(F)cc2c1[nH]c1nc(Oc3cnc(C)nc3)nc(N3C[C@@H]4[C@H](N)C[C@]4(C)C3)c12.COc1ccc(CS(=O)(=O)c2nc(S(=O)(=O)Cc3ccc(OC)cc3)c3c(n2)[nH]c2c(N(C)C(=O)OC(C)(C)C)cc(F)cc23)cc1.C[C@@]12CNC[C@@H]1[C@H](N)C2.Cc1ncc(O)cn1.Cc1ncc(Oc2nc(N3C[C@@H]4[C@H](N)C[C@]4(C)C3)c3c(n2)[nH]c2c(N(C)C(=O)OC(C)(C)C)cc(F)cc23)cn1.[2HH].[2H][2H].[2H][2H].[2H][2H].[2H][2H].[2H][2H].[2H][2H].[2H][2H].[2H][2H].[2H][2H].[2H][2H].[2H][2H].[2H][2H].[2H][2H].[2H][2H].[2H][2H].[2H][2H].[2H][2H].[2H][2H].[2H][2H].[2H][2H].[2H][2H].[2H][2H].[2H][2H].[2H][2H]. The van der Waals surface area contributed by atoms with Crippen molar-refractivity contribution in [3.8, 4) is 40.8 Å². The smallest absolute Gasteiger partial charge is 0.414 e. The van der Waals surface area contributed by atoms with Crippen molar-refractivity contribution >= 4 is 126 Å². The number of aryl methyl sites for hydroxylation is 3. The number of amides is 2. The number of benzene rings is 5. The Hall–Kier alpha value is -13.6. The molecule has 6 fully saturated rings. The zero-order valence-electron chi connectivity index (χ0n) is 127. The molecule has 12 heterocycles. The van der Waals surface area contributed by atoms with E-state index in [1.54, 1.807) is 150 Å². The maximum atomic E-state index is 15.2. The molecule has 12 N–H and O–H groups in total. The average molecular weight is 2030 g/mol. The van der Waals surface area contributed by atoms with Crippen molar-refractivity contribution in [1.82, 2.24) is 80.1 Å². The Labute approximate surface area is 871 Å². The third kappa shape index (κ3) is 20.6. The van der Waals surface area contributed by atoms with E-state index in [-0.39, 0.29) is 83.0 Å². The number of nitrogens with zero attached hydrogens (tertiary/aromatic N) is 16. The van der Waals surface area contributed by atoms with Crippen LogP contribution in [0.15, 0.2) is 132 Å². The van der Waals surface area contributed by atoms with Crippen LogP contribution in [0.3, 0.4) is 0 Å². The lowest BCUT2D eigenvalue weighted by atomic mass is 9.60. The van der Waals surface area contributed by atoms with Crippen LogP contribution in [0.25, 0.3) is 65.8 Å². The van der Waals surface area contributed by atoms with Crippen molar-refractivity contribution in [1.29, 1.82) is 0 Å². The molecule has 3 aliphatic heterocycles. The number of methoxy groups -OCH3 is 2. The predicted molar refractivity (Wildman–Crippen MR) is 572 cm³/mol. The van der Waals surface area contributed by atoms with Gasteiger partial charge in [0.2, 0.25) is 19.7 Å². The Balaban J connectivity index is -0.000000224. The third-order valence-corrected chi connectivity index (χ3v) is 28.9. The molecule has 9 atom stereocenters. The second-order valence-corrected chi connectivity index (χ2v) is 42.3. The summed E-state index contributed by atoms with van der Waals surface area (Å²) in [6.07, 6.45) is 10.8. The van der Waals surface area contributed by atoms with Crippen LogP contribution in [0.1, 0.15) is 190 Å². The van der Waals surface area contributed by atoms with E-state index in [1.165, 1.54) is 75.8 Å². The molecule has 138 heavy (non-hydrogen) atoms. The average Bonchev–Trinajstić information content (AvgIpc) is 1.56. The zero-order valence-corrected chi connectivity index (χ0v) is 80.6. The third-order valence-electron chi connectivity index (χ3n) is 25.8. The van der Waals surface area contributed by atoms with E-state index < -0.39 is 76.4 Å². The zero-order chi connectivity index (χ0) is 146. The predicted octanol–water partition coefficient (Wildman–Crippen LogP) is 20.8. The highest BCUT2D eigenvalue weighted by molar-refractivity contribution is 7.91. The van der Waals surface area contributed by atoms with Gasteiger partial charge in [-0.15, -0.1) is 0 Å². The summed E-state index contributed by atoms with van der Waals surface area (Å²) in [5, 5.41) is 16.3. The van der Waals surface area contributed by atoms with Gasteiger partial charge in [-0.3, -0.25) is 9.80 Å². The standard InChI is InChI=1S/C32H33FN4O8S2.C28H33FN8O3.C23H25FN8O.C7H14N2.C5H6N2O.CH4.25H2/c1-32(2,3)45-31(38)37(4)25-16-21(33)15-24-26-28(34-27(24)25)35-30(47(41,42)18-20-9-13-23(44-6)14-10-20)36-29(26)46(39,40)17-19-7-11-22(43-5)12-8-19;1-14-31-10-16(11-32-14)39-25-34-23-21(24(35-25)37-12-18-19(30)9-28(18,5)13-37)17-7-15(29)8-20(22(17)33-23)36(6)26(38)40-27(2,3)4;1-11-27-7-13(8-28-11)33-22-30-20-18(14-4-12(24)5-17(26-3)19(14)29-20)21(31-22)32-9-15-16(25)6-23(15,2)10-32;1-7-2-6(8)5(7)3-9-4-7;1-4-6-2-5(8)3-7-4;;;;;;;;;;;;;;;;;;;;;;;;;;/h7-16H,17-18H2,1-6H3,(H,34,35,36);7-8,10-11,18-19H,9,12-13,30H2,1-6H3,(H,33,34,35);4-5,7-8,15-16,26H,6,9-10,25H2,1-3H3,(H,29,30,31);5-6,9H,2-4,8H2,1H3;2-3,8H,1H3;1H4;25*1H/t;18-,19-,28-;15-,16-,23-;5-,6-,7-;;;;;;;;;;;;;;;;;;;;;;;;;;;/m.111.........................../s1/i;;;;;;24*1+1D;1+1. The minimum Gasteiger partial charge on any atom is -0.505 e. The minimum atomic E-state index is -4.39. The van der Waals surface area contributed by atoms with Gasteiger partial charge in [-0.2, -0.15) is 19.9 Å². The molecule has 0 spiro atoms. The lowest BCUT2D eigenvalue weighted by Crippen LogP contribution is -2.53. The van der Waals surface area contributed by atoms with Gasteiger partial charge in [0.05, 0.1) is 113 Å². The molecule has 3 saturated carbocycles. The molecule has 2 amide bonds.